The third kappa shape index (κ3) is 3.18. The monoisotopic (exact) mass is 356 g/mol. The van der Waals surface area contributed by atoms with E-state index in [1.165, 1.54) is 0 Å². The summed E-state index contributed by atoms with van der Waals surface area (Å²) in [5, 5.41) is 0.815. The summed E-state index contributed by atoms with van der Waals surface area (Å²) in [4.78, 5) is 12.5. The fraction of sp³-hybridized carbons (Fsp3) is 0.250. The number of benzene rings is 2. The van der Waals surface area contributed by atoms with Crippen LogP contribution in [0.4, 0.5) is 0 Å². The number of para-hydroxylation sites is 1. The van der Waals surface area contributed by atoms with E-state index < -0.39 is 5.97 Å². The minimum absolute atomic E-state index is 0.0407. The Morgan fingerprint density at radius 1 is 1.04 bits per heavy atom. The van der Waals surface area contributed by atoms with Crippen LogP contribution >= 0.6 is 0 Å². The van der Waals surface area contributed by atoms with Crippen molar-refractivity contribution in [2.75, 3.05) is 21.3 Å². The molecule has 0 aliphatic carbocycles. The predicted octanol–water partition coefficient (Wildman–Crippen LogP) is 4.12. The van der Waals surface area contributed by atoms with Crippen LogP contribution in [0.1, 0.15) is 21.7 Å². The summed E-state index contributed by atoms with van der Waals surface area (Å²) >= 11 is 0. The number of carbonyl (C=O) groups is 1. The molecular weight excluding hydrogens is 336 g/mol. The number of rotatable bonds is 6. The maximum atomic E-state index is 12.5. The molecule has 1 aromatic heterocycles. The Labute approximate surface area is 151 Å². The third-order valence-electron chi connectivity index (χ3n) is 4.17. The molecule has 0 aliphatic heterocycles. The van der Waals surface area contributed by atoms with Crippen LogP contribution in [-0.2, 0) is 11.3 Å². The third-order valence-corrected chi connectivity index (χ3v) is 4.17. The molecule has 26 heavy (non-hydrogen) atoms. The first-order valence-electron chi connectivity index (χ1n) is 8.03. The summed E-state index contributed by atoms with van der Waals surface area (Å²) in [6.45, 7) is 1.85. The fourth-order valence-electron chi connectivity index (χ4n) is 2.80. The quantitative estimate of drug-likeness (QED) is 0.619. The second-order valence-electron chi connectivity index (χ2n) is 5.65. The number of aryl methyl sites for hydroxylation is 1. The molecule has 0 amide bonds. The predicted molar refractivity (Wildman–Crippen MR) is 96.2 cm³/mol. The number of furan rings is 1. The van der Waals surface area contributed by atoms with Crippen LogP contribution in [0.3, 0.4) is 0 Å². The van der Waals surface area contributed by atoms with Gasteiger partial charge >= 0.3 is 5.97 Å². The first-order chi connectivity index (χ1) is 12.6. The molecule has 1 heterocycles. The normalized spacial score (nSPS) is 10.6. The van der Waals surface area contributed by atoms with Crippen molar-refractivity contribution in [3.05, 3.63) is 53.3 Å². The Bertz CT molecular complexity index is 941. The van der Waals surface area contributed by atoms with Gasteiger partial charge in [-0.25, -0.2) is 4.79 Å². The number of esters is 1. The molecular formula is C20H20O6. The van der Waals surface area contributed by atoms with Gasteiger partial charge in [0, 0.05) is 16.5 Å². The molecule has 3 rings (SSSR count). The number of hydrogen-bond acceptors (Lipinski definition) is 6. The molecule has 6 heteroatoms. The highest BCUT2D eigenvalue weighted by atomic mass is 16.5. The minimum Gasteiger partial charge on any atom is -0.497 e. The highest BCUT2D eigenvalue weighted by Crippen LogP contribution is 2.32. The Morgan fingerprint density at radius 3 is 2.54 bits per heavy atom. The van der Waals surface area contributed by atoms with Crippen LogP contribution in [0.25, 0.3) is 11.0 Å². The van der Waals surface area contributed by atoms with Crippen molar-refractivity contribution in [3.8, 4) is 17.2 Å². The van der Waals surface area contributed by atoms with Crippen LogP contribution in [0.15, 0.2) is 40.8 Å². The van der Waals surface area contributed by atoms with Crippen LogP contribution in [0.5, 0.6) is 17.2 Å². The lowest BCUT2D eigenvalue weighted by molar-refractivity contribution is 0.0434. The zero-order chi connectivity index (χ0) is 18.7. The van der Waals surface area contributed by atoms with Gasteiger partial charge in [0.15, 0.2) is 11.5 Å². The van der Waals surface area contributed by atoms with E-state index in [0.29, 0.717) is 34.0 Å². The van der Waals surface area contributed by atoms with Gasteiger partial charge in [0.05, 0.1) is 21.3 Å². The van der Waals surface area contributed by atoms with Crippen molar-refractivity contribution in [2.24, 2.45) is 0 Å². The maximum absolute atomic E-state index is 12.5. The molecule has 0 radical (unpaired) electrons. The van der Waals surface area contributed by atoms with Gasteiger partial charge in [-0.1, -0.05) is 12.1 Å². The fourth-order valence-corrected chi connectivity index (χ4v) is 2.80. The Kier molecular flexibility index (Phi) is 5.02. The average molecular weight is 356 g/mol. The smallest absolute Gasteiger partial charge is 0.374 e. The first kappa shape index (κ1) is 17.7. The van der Waals surface area contributed by atoms with E-state index in [0.717, 1.165) is 5.39 Å². The number of methoxy groups -OCH3 is 3. The molecule has 6 nitrogen and oxygen atoms in total. The van der Waals surface area contributed by atoms with E-state index in [9.17, 15) is 4.79 Å². The van der Waals surface area contributed by atoms with Crippen LogP contribution in [0.2, 0.25) is 0 Å². The second-order valence-corrected chi connectivity index (χ2v) is 5.65. The van der Waals surface area contributed by atoms with Crippen molar-refractivity contribution in [1.82, 2.24) is 0 Å². The Morgan fingerprint density at radius 2 is 1.85 bits per heavy atom. The lowest BCUT2D eigenvalue weighted by Gasteiger charge is -2.12. The van der Waals surface area contributed by atoms with Gasteiger partial charge in [-0.15, -0.1) is 0 Å². The molecule has 0 atom stereocenters. The largest absolute Gasteiger partial charge is 0.497 e. The molecule has 0 aliphatic rings. The molecule has 0 saturated carbocycles. The lowest BCUT2D eigenvalue weighted by atomic mass is 10.1. The molecule has 0 N–H and O–H groups in total. The van der Waals surface area contributed by atoms with Crippen molar-refractivity contribution in [3.63, 3.8) is 0 Å². The average Bonchev–Trinajstić information content (AvgIpc) is 3.01. The summed E-state index contributed by atoms with van der Waals surface area (Å²) < 4.78 is 26.9. The van der Waals surface area contributed by atoms with Crippen LogP contribution in [0, 0.1) is 6.92 Å². The highest BCUT2D eigenvalue weighted by Gasteiger charge is 2.20. The van der Waals surface area contributed by atoms with Gasteiger partial charge in [-0.3, -0.25) is 0 Å². The zero-order valence-corrected chi connectivity index (χ0v) is 15.1. The minimum atomic E-state index is -0.539. The molecule has 0 fully saturated rings. The van der Waals surface area contributed by atoms with E-state index in [4.69, 9.17) is 23.4 Å². The number of carbonyl (C=O) groups excluding carboxylic acids is 1. The molecule has 136 valence electrons. The Balaban J connectivity index is 1.83. The van der Waals surface area contributed by atoms with Gasteiger partial charge < -0.3 is 23.4 Å². The van der Waals surface area contributed by atoms with E-state index >= 15 is 0 Å². The van der Waals surface area contributed by atoms with Gasteiger partial charge in [-0.2, -0.15) is 0 Å². The molecule has 2 aromatic carbocycles. The van der Waals surface area contributed by atoms with Crippen LogP contribution < -0.4 is 14.2 Å². The van der Waals surface area contributed by atoms with Gasteiger partial charge in [0.2, 0.25) is 5.76 Å². The zero-order valence-electron chi connectivity index (χ0n) is 15.1. The van der Waals surface area contributed by atoms with E-state index in [1.807, 2.05) is 25.1 Å². The summed E-state index contributed by atoms with van der Waals surface area (Å²) in [5.41, 5.74) is 2.02. The summed E-state index contributed by atoms with van der Waals surface area (Å²) in [6.07, 6.45) is 0. The van der Waals surface area contributed by atoms with Crippen molar-refractivity contribution < 1.29 is 28.2 Å². The molecule has 3 aromatic rings. The maximum Gasteiger partial charge on any atom is 0.374 e. The van der Waals surface area contributed by atoms with Crippen molar-refractivity contribution in [2.45, 2.75) is 13.5 Å². The van der Waals surface area contributed by atoms with Crippen LogP contribution in [-0.4, -0.2) is 27.3 Å². The standard InChI is InChI=1S/C20H20O6/c1-12-15-10-14(22-2)8-9-16(15)26-18(12)20(21)25-11-13-6-5-7-17(23-3)19(13)24-4/h5-10H,11H2,1-4H3. The first-order valence-corrected chi connectivity index (χ1v) is 8.03. The second kappa shape index (κ2) is 7.39. The van der Waals surface area contributed by atoms with Crippen molar-refractivity contribution >= 4 is 16.9 Å². The molecule has 0 saturated heterocycles. The van der Waals surface area contributed by atoms with E-state index in [-0.39, 0.29) is 12.4 Å². The lowest BCUT2D eigenvalue weighted by Crippen LogP contribution is -2.06. The molecule has 0 spiro atoms. The molecule has 0 bridgehead atoms. The van der Waals surface area contributed by atoms with Crippen molar-refractivity contribution in [1.29, 1.82) is 0 Å². The Hall–Kier alpha value is -3.15. The SMILES string of the molecule is COc1ccc2oc(C(=O)OCc3cccc(OC)c3OC)c(C)c2c1. The van der Waals surface area contributed by atoms with Gasteiger partial charge in [-0.05, 0) is 31.2 Å². The summed E-state index contributed by atoms with van der Waals surface area (Å²) in [5.74, 6) is 1.45. The van der Waals surface area contributed by atoms with E-state index in [1.54, 1.807) is 39.5 Å². The summed E-state index contributed by atoms with van der Waals surface area (Å²) in [7, 11) is 4.69. The number of ether oxygens (including phenoxy) is 4. The van der Waals surface area contributed by atoms with E-state index in [2.05, 4.69) is 0 Å². The van der Waals surface area contributed by atoms with Gasteiger partial charge in [0.25, 0.3) is 0 Å². The number of hydrogen-bond donors (Lipinski definition) is 0. The van der Waals surface area contributed by atoms with Gasteiger partial charge in [0.1, 0.15) is 17.9 Å². The number of fused-ring (bicyclic) bond motifs is 1. The topological polar surface area (TPSA) is 67.1 Å². The summed E-state index contributed by atoms with van der Waals surface area (Å²) in [6, 6.07) is 10.8. The highest BCUT2D eigenvalue weighted by molar-refractivity contribution is 5.96. The molecule has 0 unspecified atom stereocenters.